The monoisotopic (exact) mass is 318 g/mol. The Labute approximate surface area is 137 Å². The summed E-state index contributed by atoms with van der Waals surface area (Å²) in [5, 5.41) is 3.07. The molecule has 0 bridgehead atoms. The van der Waals surface area contributed by atoms with Crippen molar-refractivity contribution in [2.75, 3.05) is 27.3 Å². The second kappa shape index (κ2) is 7.21. The molecule has 1 saturated heterocycles. The molecule has 1 aromatic rings. The maximum atomic E-state index is 12.5. The van der Waals surface area contributed by atoms with Gasteiger partial charge in [-0.05, 0) is 38.3 Å². The van der Waals surface area contributed by atoms with Gasteiger partial charge in [0.2, 0.25) is 5.91 Å². The standard InChI is InChI=1S/C18H26N2O3/c1-22-16-7-3-5-13(17(16)23-2)11-19-18(21)14-6-4-10-20(12-14)15-8-9-15/h3,5,7,14-15H,4,6,8-12H2,1-2H3,(H,19,21). The lowest BCUT2D eigenvalue weighted by Gasteiger charge is -2.32. The van der Waals surface area contributed by atoms with Gasteiger partial charge in [0, 0.05) is 24.7 Å². The molecule has 1 unspecified atom stereocenters. The molecule has 1 saturated carbocycles. The van der Waals surface area contributed by atoms with Crippen LogP contribution in [0.2, 0.25) is 0 Å². The smallest absolute Gasteiger partial charge is 0.224 e. The number of likely N-dealkylation sites (tertiary alicyclic amines) is 1. The van der Waals surface area contributed by atoms with Crippen molar-refractivity contribution in [1.82, 2.24) is 10.2 Å². The molecule has 1 heterocycles. The summed E-state index contributed by atoms with van der Waals surface area (Å²) in [7, 11) is 3.24. The minimum atomic E-state index is 0.112. The summed E-state index contributed by atoms with van der Waals surface area (Å²) in [4.78, 5) is 15.0. The molecule has 0 spiro atoms. The molecule has 1 amide bonds. The summed E-state index contributed by atoms with van der Waals surface area (Å²) >= 11 is 0. The van der Waals surface area contributed by atoms with Gasteiger partial charge in [-0.2, -0.15) is 0 Å². The molecule has 126 valence electrons. The zero-order chi connectivity index (χ0) is 16.2. The molecule has 1 aliphatic carbocycles. The van der Waals surface area contributed by atoms with Gasteiger partial charge in [0.05, 0.1) is 20.1 Å². The van der Waals surface area contributed by atoms with Crippen LogP contribution in [0.1, 0.15) is 31.2 Å². The maximum absolute atomic E-state index is 12.5. The van der Waals surface area contributed by atoms with Crippen LogP contribution >= 0.6 is 0 Å². The zero-order valence-corrected chi connectivity index (χ0v) is 14.0. The Bertz CT molecular complexity index is 557. The number of rotatable bonds is 6. The Morgan fingerprint density at radius 2 is 2.09 bits per heavy atom. The van der Waals surface area contributed by atoms with E-state index in [0.717, 1.165) is 37.5 Å². The average molecular weight is 318 g/mol. The lowest BCUT2D eigenvalue weighted by Crippen LogP contribution is -2.43. The first kappa shape index (κ1) is 16.1. The number of nitrogens with one attached hydrogen (secondary N) is 1. The lowest BCUT2D eigenvalue weighted by molar-refractivity contribution is -0.126. The van der Waals surface area contributed by atoms with E-state index in [1.54, 1.807) is 14.2 Å². The van der Waals surface area contributed by atoms with Gasteiger partial charge in [-0.1, -0.05) is 12.1 Å². The predicted octanol–water partition coefficient (Wildman–Crippen LogP) is 2.19. The highest BCUT2D eigenvalue weighted by Gasteiger charge is 2.34. The number of para-hydroxylation sites is 1. The van der Waals surface area contributed by atoms with Crippen LogP contribution in [0.4, 0.5) is 0 Å². The fourth-order valence-electron chi connectivity index (χ4n) is 3.41. The Balaban J connectivity index is 1.58. The molecular formula is C18H26N2O3. The highest BCUT2D eigenvalue weighted by atomic mass is 16.5. The second-order valence-electron chi connectivity index (χ2n) is 6.44. The molecule has 23 heavy (non-hydrogen) atoms. The van der Waals surface area contributed by atoms with E-state index in [1.807, 2.05) is 18.2 Å². The molecular weight excluding hydrogens is 292 g/mol. The highest BCUT2D eigenvalue weighted by molar-refractivity contribution is 5.79. The Kier molecular flexibility index (Phi) is 5.06. The van der Waals surface area contributed by atoms with Crippen LogP contribution in [-0.2, 0) is 11.3 Å². The minimum Gasteiger partial charge on any atom is -0.493 e. The molecule has 2 fully saturated rings. The van der Waals surface area contributed by atoms with Gasteiger partial charge in [-0.25, -0.2) is 0 Å². The highest BCUT2D eigenvalue weighted by Crippen LogP contribution is 2.32. The number of carbonyl (C=O) groups excluding carboxylic acids is 1. The third-order valence-electron chi connectivity index (χ3n) is 4.82. The van der Waals surface area contributed by atoms with E-state index in [0.29, 0.717) is 18.0 Å². The van der Waals surface area contributed by atoms with Crippen molar-refractivity contribution in [1.29, 1.82) is 0 Å². The first-order valence-electron chi connectivity index (χ1n) is 8.44. The van der Waals surface area contributed by atoms with Crippen LogP contribution < -0.4 is 14.8 Å². The van der Waals surface area contributed by atoms with E-state index in [9.17, 15) is 4.79 Å². The summed E-state index contributed by atoms with van der Waals surface area (Å²) in [6, 6.07) is 6.47. The van der Waals surface area contributed by atoms with Gasteiger partial charge < -0.3 is 14.8 Å². The van der Waals surface area contributed by atoms with Crippen LogP contribution in [0.5, 0.6) is 11.5 Å². The van der Waals surface area contributed by atoms with E-state index in [1.165, 1.54) is 12.8 Å². The number of hydrogen-bond donors (Lipinski definition) is 1. The molecule has 0 aromatic heterocycles. The molecule has 2 aliphatic rings. The Morgan fingerprint density at radius 3 is 2.78 bits per heavy atom. The molecule has 1 aliphatic heterocycles. The third-order valence-corrected chi connectivity index (χ3v) is 4.82. The number of carbonyl (C=O) groups is 1. The number of hydrogen-bond acceptors (Lipinski definition) is 4. The van der Waals surface area contributed by atoms with Gasteiger partial charge >= 0.3 is 0 Å². The van der Waals surface area contributed by atoms with Crippen molar-refractivity contribution in [3.63, 3.8) is 0 Å². The average Bonchev–Trinajstić information content (AvgIpc) is 3.44. The number of amides is 1. The Hall–Kier alpha value is -1.75. The molecule has 3 rings (SSSR count). The van der Waals surface area contributed by atoms with Gasteiger partial charge in [-0.3, -0.25) is 9.69 Å². The molecule has 0 radical (unpaired) electrons. The number of nitrogens with zero attached hydrogens (tertiary/aromatic N) is 1. The summed E-state index contributed by atoms with van der Waals surface area (Å²) in [5.41, 5.74) is 0.940. The molecule has 1 aromatic carbocycles. The second-order valence-corrected chi connectivity index (χ2v) is 6.44. The van der Waals surface area contributed by atoms with E-state index in [-0.39, 0.29) is 11.8 Å². The number of ether oxygens (including phenoxy) is 2. The summed E-state index contributed by atoms with van der Waals surface area (Å²) in [6.07, 6.45) is 4.71. The minimum absolute atomic E-state index is 0.112. The number of methoxy groups -OCH3 is 2. The molecule has 1 N–H and O–H groups in total. The van der Waals surface area contributed by atoms with Crippen molar-refractivity contribution in [3.8, 4) is 11.5 Å². The van der Waals surface area contributed by atoms with Gasteiger partial charge in [0.25, 0.3) is 0 Å². The first-order chi connectivity index (χ1) is 11.2. The van der Waals surface area contributed by atoms with Crippen LogP contribution in [0.25, 0.3) is 0 Å². The first-order valence-corrected chi connectivity index (χ1v) is 8.44. The van der Waals surface area contributed by atoms with Gasteiger partial charge in [0.1, 0.15) is 0 Å². The van der Waals surface area contributed by atoms with Crippen LogP contribution in [0.15, 0.2) is 18.2 Å². The fraction of sp³-hybridized carbons (Fsp3) is 0.611. The molecule has 5 heteroatoms. The maximum Gasteiger partial charge on any atom is 0.224 e. The van der Waals surface area contributed by atoms with E-state index >= 15 is 0 Å². The van der Waals surface area contributed by atoms with Crippen molar-refractivity contribution < 1.29 is 14.3 Å². The van der Waals surface area contributed by atoms with Gasteiger partial charge in [0.15, 0.2) is 11.5 Å². The summed E-state index contributed by atoms with van der Waals surface area (Å²) in [5.74, 6) is 1.65. The SMILES string of the molecule is COc1cccc(CNC(=O)C2CCCN(C3CC3)C2)c1OC. The predicted molar refractivity (Wildman–Crippen MR) is 88.7 cm³/mol. The number of piperidine rings is 1. The summed E-state index contributed by atoms with van der Waals surface area (Å²) in [6.45, 7) is 2.53. The van der Waals surface area contributed by atoms with Crippen LogP contribution in [-0.4, -0.2) is 44.2 Å². The fourth-order valence-corrected chi connectivity index (χ4v) is 3.41. The van der Waals surface area contributed by atoms with E-state index < -0.39 is 0 Å². The topological polar surface area (TPSA) is 50.8 Å². The molecule has 1 atom stereocenters. The number of benzene rings is 1. The Morgan fingerprint density at radius 1 is 1.26 bits per heavy atom. The third kappa shape index (κ3) is 3.78. The van der Waals surface area contributed by atoms with Crippen molar-refractivity contribution in [2.24, 2.45) is 5.92 Å². The summed E-state index contributed by atoms with van der Waals surface area (Å²) < 4.78 is 10.7. The van der Waals surface area contributed by atoms with Crippen molar-refractivity contribution in [3.05, 3.63) is 23.8 Å². The van der Waals surface area contributed by atoms with Crippen LogP contribution in [0.3, 0.4) is 0 Å². The largest absolute Gasteiger partial charge is 0.493 e. The van der Waals surface area contributed by atoms with E-state index in [4.69, 9.17) is 9.47 Å². The quantitative estimate of drug-likeness (QED) is 0.873. The van der Waals surface area contributed by atoms with Crippen LogP contribution in [0, 0.1) is 5.92 Å². The normalized spacial score (nSPS) is 21.7. The van der Waals surface area contributed by atoms with Crippen molar-refractivity contribution >= 4 is 5.91 Å². The van der Waals surface area contributed by atoms with Crippen molar-refractivity contribution in [2.45, 2.75) is 38.3 Å². The zero-order valence-electron chi connectivity index (χ0n) is 14.0. The molecule has 5 nitrogen and oxygen atoms in total. The van der Waals surface area contributed by atoms with E-state index in [2.05, 4.69) is 10.2 Å². The lowest BCUT2D eigenvalue weighted by atomic mass is 9.97. The van der Waals surface area contributed by atoms with Gasteiger partial charge in [-0.15, -0.1) is 0 Å².